The smallest absolute Gasteiger partial charge is 0.416 e. The van der Waals surface area contributed by atoms with Crippen molar-refractivity contribution in [3.63, 3.8) is 0 Å². The number of anilines is 1. The van der Waals surface area contributed by atoms with E-state index in [-0.39, 0.29) is 18.0 Å². The molecule has 1 heterocycles. The number of rotatable bonds is 6. The largest absolute Gasteiger partial charge is 0.492 e. The van der Waals surface area contributed by atoms with Gasteiger partial charge in [-0.25, -0.2) is 14.5 Å². The summed E-state index contributed by atoms with van der Waals surface area (Å²) in [7, 11) is 0. The molecule has 2 N–H and O–H groups in total. The third-order valence-electron chi connectivity index (χ3n) is 3.53. The molecular weight excluding hydrogens is 351 g/mol. The van der Waals surface area contributed by atoms with Crippen LogP contribution in [-0.4, -0.2) is 27.4 Å². The number of urea groups is 1. The van der Waals surface area contributed by atoms with Gasteiger partial charge in [-0.15, -0.1) is 0 Å². The molecule has 1 atom stereocenters. The summed E-state index contributed by atoms with van der Waals surface area (Å²) in [6.45, 7) is 6.09. The van der Waals surface area contributed by atoms with Crippen LogP contribution in [0.3, 0.4) is 0 Å². The second-order valence-electron chi connectivity index (χ2n) is 5.40. The summed E-state index contributed by atoms with van der Waals surface area (Å²) in [6, 6.07) is 1.76. The first-order valence-electron chi connectivity index (χ1n) is 8.05. The van der Waals surface area contributed by atoms with E-state index < -0.39 is 23.8 Å². The highest BCUT2D eigenvalue weighted by atomic mass is 19.4. The normalized spacial score (nSPS) is 12.5. The van der Waals surface area contributed by atoms with Gasteiger partial charge >= 0.3 is 12.2 Å². The van der Waals surface area contributed by atoms with Crippen molar-refractivity contribution in [1.29, 1.82) is 0 Å². The molecule has 0 aliphatic rings. The molecule has 0 unspecified atom stereocenters. The highest BCUT2D eigenvalue weighted by Gasteiger charge is 2.31. The molecule has 7 nitrogen and oxygen atoms in total. The lowest BCUT2D eigenvalue weighted by molar-refractivity contribution is -0.137. The maximum absolute atomic E-state index is 12.9. The predicted octanol–water partition coefficient (Wildman–Crippen LogP) is 3.60. The molecule has 0 saturated heterocycles. The lowest BCUT2D eigenvalue weighted by Gasteiger charge is -2.17. The summed E-state index contributed by atoms with van der Waals surface area (Å²) in [6.07, 6.45) is -3.16. The van der Waals surface area contributed by atoms with Gasteiger partial charge in [0.05, 0.1) is 23.9 Å². The topological polar surface area (TPSA) is 81.1 Å². The third kappa shape index (κ3) is 4.64. The molecule has 0 aliphatic carbocycles. The van der Waals surface area contributed by atoms with Crippen molar-refractivity contribution >= 4 is 11.7 Å². The van der Waals surface area contributed by atoms with Crippen LogP contribution in [0.1, 0.15) is 38.2 Å². The maximum Gasteiger partial charge on any atom is 0.416 e. The Bertz CT molecular complexity index is 761. The molecule has 1 aromatic heterocycles. The van der Waals surface area contributed by atoms with Gasteiger partial charge in [-0.3, -0.25) is 0 Å². The van der Waals surface area contributed by atoms with Crippen molar-refractivity contribution in [3.8, 4) is 5.75 Å². The first-order chi connectivity index (χ1) is 12.3. The van der Waals surface area contributed by atoms with Gasteiger partial charge < -0.3 is 15.4 Å². The van der Waals surface area contributed by atoms with Crippen molar-refractivity contribution in [3.05, 3.63) is 35.9 Å². The van der Waals surface area contributed by atoms with E-state index in [9.17, 15) is 18.0 Å². The van der Waals surface area contributed by atoms with E-state index in [1.54, 1.807) is 18.5 Å². The molecule has 0 radical (unpaired) electrons. The van der Waals surface area contributed by atoms with Crippen LogP contribution in [0.4, 0.5) is 23.7 Å². The number of nitrogens with one attached hydrogen (secondary N) is 2. The fraction of sp³-hybridized carbons (Fsp3) is 0.438. The summed E-state index contributed by atoms with van der Waals surface area (Å²) in [5.41, 5.74) is -0.946. The zero-order valence-electron chi connectivity index (χ0n) is 14.6. The van der Waals surface area contributed by atoms with Crippen LogP contribution in [0.2, 0.25) is 0 Å². The molecule has 142 valence electrons. The molecule has 0 saturated carbocycles. The van der Waals surface area contributed by atoms with Gasteiger partial charge in [-0.1, -0.05) is 0 Å². The minimum absolute atomic E-state index is 0.0664. The molecule has 26 heavy (non-hydrogen) atoms. The van der Waals surface area contributed by atoms with Crippen LogP contribution in [-0.2, 0) is 12.7 Å². The number of halogens is 3. The Labute approximate surface area is 148 Å². The summed E-state index contributed by atoms with van der Waals surface area (Å²) >= 11 is 0. The predicted molar refractivity (Wildman–Crippen MR) is 88.9 cm³/mol. The Morgan fingerprint density at radius 1 is 1.35 bits per heavy atom. The Morgan fingerprint density at radius 2 is 2.08 bits per heavy atom. The number of amides is 2. The van der Waals surface area contributed by atoms with Gasteiger partial charge in [0.15, 0.2) is 0 Å². The first kappa shape index (κ1) is 19.5. The number of carbonyl (C=O) groups excluding carboxylic acids is 1. The minimum atomic E-state index is -4.53. The summed E-state index contributed by atoms with van der Waals surface area (Å²) < 4.78 is 45.6. The van der Waals surface area contributed by atoms with Gasteiger partial charge in [0.25, 0.3) is 0 Å². The fourth-order valence-corrected chi connectivity index (χ4v) is 2.36. The number of alkyl halides is 3. The number of aryl methyl sites for hydroxylation is 1. The zero-order chi connectivity index (χ0) is 19.3. The van der Waals surface area contributed by atoms with E-state index in [0.717, 1.165) is 12.1 Å². The lowest BCUT2D eigenvalue weighted by Crippen LogP contribution is -2.33. The van der Waals surface area contributed by atoms with Gasteiger partial charge in [0.1, 0.15) is 17.9 Å². The average molecular weight is 371 g/mol. The Kier molecular flexibility index (Phi) is 6.06. The molecule has 10 heteroatoms. The Hall–Kier alpha value is -2.78. The molecule has 0 fully saturated rings. The second-order valence-corrected chi connectivity index (χ2v) is 5.40. The highest BCUT2D eigenvalue weighted by Crippen LogP contribution is 2.35. The van der Waals surface area contributed by atoms with Crippen molar-refractivity contribution < 1.29 is 22.7 Å². The van der Waals surface area contributed by atoms with Gasteiger partial charge in [0.2, 0.25) is 0 Å². The summed E-state index contributed by atoms with van der Waals surface area (Å²) in [5, 5.41) is 9.04. The molecule has 2 aromatic rings. The molecule has 0 aliphatic heterocycles. The average Bonchev–Trinajstić information content (AvgIpc) is 3.04. The lowest BCUT2D eigenvalue weighted by atomic mass is 10.2. The first-order valence-corrected chi connectivity index (χ1v) is 8.05. The van der Waals surface area contributed by atoms with Crippen LogP contribution in [0.15, 0.2) is 24.5 Å². The van der Waals surface area contributed by atoms with Crippen LogP contribution in [0.5, 0.6) is 5.75 Å². The van der Waals surface area contributed by atoms with Gasteiger partial charge in [0, 0.05) is 6.54 Å². The Morgan fingerprint density at radius 3 is 2.69 bits per heavy atom. The second kappa shape index (κ2) is 8.07. The molecular formula is C16H20F3N5O2. The summed E-state index contributed by atoms with van der Waals surface area (Å²) in [5.74, 6) is 0.691. The maximum atomic E-state index is 12.9. The number of hydrogen-bond donors (Lipinski definition) is 2. The van der Waals surface area contributed by atoms with E-state index >= 15 is 0 Å². The van der Waals surface area contributed by atoms with Crippen molar-refractivity contribution in [2.45, 2.75) is 39.5 Å². The number of benzene rings is 1. The highest BCUT2D eigenvalue weighted by molar-refractivity contribution is 5.91. The monoisotopic (exact) mass is 371 g/mol. The quantitative estimate of drug-likeness (QED) is 0.813. The van der Waals surface area contributed by atoms with Gasteiger partial charge in [-0.2, -0.15) is 18.3 Å². The number of hydrogen-bond acceptors (Lipinski definition) is 4. The van der Waals surface area contributed by atoms with E-state index in [1.807, 2.05) is 6.92 Å². The third-order valence-corrected chi connectivity index (χ3v) is 3.53. The van der Waals surface area contributed by atoms with Crippen molar-refractivity contribution in [2.75, 3.05) is 11.9 Å². The minimum Gasteiger partial charge on any atom is -0.492 e. The molecule has 2 rings (SSSR count). The van der Waals surface area contributed by atoms with E-state index in [2.05, 4.69) is 20.7 Å². The van der Waals surface area contributed by atoms with Gasteiger partial charge in [-0.05, 0) is 39.0 Å². The molecule has 0 spiro atoms. The Balaban J connectivity index is 2.16. The molecule has 2 amide bonds. The fourth-order valence-electron chi connectivity index (χ4n) is 2.36. The molecule has 1 aromatic carbocycles. The standard InChI is InChI=1S/C16H20F3N5O2/c1-4-24-14(20-9-21-24)10(3)22-15(25)23-12-8-11(16(17,18)19)6-7-13(12)26-5-2/h6-10H,4-5H2,1-3H3,(H2,22,23,25)/t10-/m1/s1. The number of carbonyl (C=O) groups is 1. The van der Waals surface area contributed by atoms with Crippen LogP contribution < -0.4 is 15.4 Å². The van der Waals surface area contributed by atoms with E-state index in [1.165, 1.54) is 12.4 Å². The van der Waals surface area contributed by atoms with Crippen LogP contribution in [0.25, 0.3) is 0 Å². The molecule has 0 bridgehead atoms. The number of ether oxygens (including phenoxy) is 1. The number of aromatic nitrogens is 3. The SMILES string of the molecule is CCOc1ccc(C(F)(F)F)cc1NC(=O)N[C@H](C)c1ncnn1CC. The van der Waals surface area contributed by atoms with Crippen LogP contribution >= 0.6 is 0 Å². The van der Waals surface area contributed by atoms with Crippen LogP contribution in [0, 0.1) is 0 Å². The van der Waals surface area contributed by atoms with E-state index in [0.29, 0.717) is 12.4 Å². The van der Waals surface area contributed by atoms with Crippen molar-refractivity contribution in [1.82, 2.24) is 20.1 Å². The van der Waals surface area contributed by atoms with E-state index in [4.69, 9.17) is 4.74 Å². The van der Waals surface area contributed by atoms with Crippen molar-refractivity contribution in [2.24, 2.45) is 0 Å². The summed E-state index contributed by atoms with van der Waals surface area (Å²) in [4.78, 5) is 16.3. The zero-order valence-corrected chi connectivity index (χ0v) is 14.6. The number of nitrogens with zero attached hydrogens (tertiary/aromatic N) is 3.